The van der Waals surface area contributed by atoms with Crippen molar-refractivity contribution in [3.8, 4) is 22.6 Å². The van der Waals surface area contributed by atoms with Crippen LogP contribution in [0.2, 0.25) is 0 Å². The molecule has 0 unspecified atom stereocenters. The summed E-state index contributed by atoms with van der Waals surface area (Å²) in [4.78, 5) is 25.5. The van der Waals surface area contributed by atoms with Gasteiger partial charge < -0.3 is 19.4 Å². The van der Waals surface area contributed by atoms with Crippen LogP contribution in [-0.2, 0) is 4.79 Å². The molecule has 2 fully saturated rings. The average Bonchev–Trinajstić information content (AvgIpc) is 3.23. The first-order valence-corrected chi connectivity index (χ1v) is 12.8. The van der Waals surface area contributed by atoms with Gasteiger partial charge in [-0.2, -0.15) is 0 Å². The largest absolute Gasteiger partial charge is 0.493 e. The Labute approximate surface area is 207 Å². The number of fused-ring (bicyclic) bond motifs is 1. The van der Waals surface area contributed by atoms with Crippen LogP contribution in [0.4, 0.5) is 0 Å². The zero-order chi connectivity index (χ0) is 24.4. The Morgan fingerprint density at radius 2 is 1.77 bits per heavy atom. The number of nitrogens with zero attached hydrogens (tertiary/aromatic N) is 3. The first kappa shape index (κ1) is 23.7. The van der Waals surface area contributed by atoms with E-state index >= 15 is 0 Å². The number of amides is 1. The number of ether oxygens (including phenoxy) is 2. The lowest BCUT2D eigenvalue weighted by Crippen LogP contribution is -2.45. The molecule has 2 aliphatic heterocycles. The molecule has 1 N–H and O–H groups in total. The molecule has 0 radical (unpaired) electrons. The van der Waals surface area contributed by atoms with Gasteiger partial charge >= 0.3 is 0 Å². The zero-order valence-electron chi connectivity index (χ0n) is 21.1. The Morgan fingerprint density at radius 1 is 1.03 bits per heavy atom. The maximum Gasteiger partial charge on any atom is 0.236 e. The van der Waals surface area contributed by atoms with E-state index in [2.05, 4.69) is 33.8 Å². The van der Waals surface area contributed by atoms with Gasteiger partial charge in [-0.15, -0.1) is 0 Å². The second-order valence-corrected chi connectivity index (χ2v) is 9.84. The van der Waals surface area contributed by atoms with Gasteiger partial charge in [0.2, 0.25) is 5.91 Å². The van der Waals surface area contributed by atoms with Crippen molar-refractivity contribution in [2.45, 2.75) is 44.9 Å². The maximum absolute atomic E-state index is 12.8. The summed E-state index contributed by atoms with van der Waals surface area (Å²) in [5.41, 5.74) is 5.50. The number of hydrogen-bond acceptors (Lipinski definition) is 5. The maximum atomic E-state index is 12.8. The highest BCUT2D eigenvalue weighted by Crippen LogP contribution is 2.38. The molecular weight excluding hydrogens is 440 g/mol. The van der Waals surface area contributed by atoms with E-state index in [-0.39, 0.29) is 5.91 Å². The fraction of sp³-hybridized carbons (Fsp3) is 0.500. The van der Waals surface area contributed by atoms with E-state index in [1.165, 1.54) is 30.2 Å². The first-order chi connectivity index (χ1) is 17.1. The monoisotopic (exact) mass is 476 g/mol. The van der Waals surface area contributed by atoms with Crippen molar-refractivity contribution in [3.05, 3.63) is 41.9 Å². The lowest BCUT2D eigenvalue weighted by molar-refractivity contribution is -0.133. The number of methoxy groups -OCH3 is 2. The third-order valence-electron chi connectivity index (χ3n) is 7.64. The number of aromatic nitrogens is 2. The number of hydrogen-bond donors (Lipinski definition) is 1. The van der Waals surface area contributed by atoms with Gasteiger partial charge in [-0.3, -0.25) is 14.7 Å². The number of pyridine rings is 1. The highest BCUT2D eigenvalue weighted by Gasteiger charge is 2.26. The predicted octanol–water partition coefficient (Wildman–Crippen LogP) is 4.75. The van der Waals surface area contributed by atoms with E-state index in [1.807, 2.05) is 18.3 Å². The average molecular weight is 477 g/mol. The number of H-pyrrole nitrogens is 1. The lowest BCUT2D eigenvalue weighted by Gasteiger charge is -2.34. The Balaban J connectivity index is 1.33. The summed E-state index contributed by atoms with van der Waals surface area (Å²) in [6.07, 6.45) is 7.59. The van der Waals surface area contributed by atoms with Crippen LogP contribution in [0.15, 0.2) is 30.5 Å². The molecule has 0 spiro atoms. The van der Waals surface area contributed by atoms with Gasteiger partial charge in [0.25, 0.3) is 0 Å². The van der Waals surface area contributed by atoms with E-state index in [0.717, 1.165) is 73.0 Å². The summed E-state index contributed by atoms with van der Waals surface area (Å²) in [5, 5.41) is 1.17. The number of carbonyl (C=O) groups is 1. The fourth-order valence-corrected chi connectivity index (χ4v) is 5.66. The van der Waals surface area contributed by atoms with Crippen LogP contribution >= 0.6 is 0 Å². The third-order valence-corrected chi connectivity index (χ3v) is 7.64. The SMILES string of the molecule is COc1ccc(-c2c(C)[nH]c3cnc(C4CCN(C(=O)CN5CCCCC5)CC4)cc23)cc1OC. The fourth-order valence-electron chi connectivity index (χ4n) is 5.66. The summed E-state index contributed by atoms with van der Waals surface area (Å²) in [6, 6.07) is 8.29. The van der Waals surface area contributed by atoms with E-state index in [1.54, 1.807) is 14.2 Å². The number of rotatable bonds is 6. The van der Waals surface area contributed by atoms with Crippen molar-refractivity contribution in [1.82, 2.24) is 19.8 Å². The quantitative estimate of drug-likeness (QED) is 0.556. The van der Waals surface area contributed by atoms with E-state index in [9.17, 15) is 4.79 Å². The van der Waals surface area contributed by atoms with Gasteiger partial charge in [-0.05, 0) is 69.5 Å². The highest BCUT2D eigenvalue weighted by atomic mass is 16.5. The summed E-state index contributed by atoms with van der Waals surface area (Å²) in [5.74, 6) is 2.09. The summed E-state index contributed by atoms with van der Waals surface area (Å²) in [6.45, 7) is 6.41. The van der Waals surface area contributed by atoms with Crippen LogP contribution in [0.3, 0.4) is 0 Å². The molecule has 4 heterocycles. The Morgan fingerprint density at radius 3 is 2.49 bits per heavy atom. The summed E-state index contributed by atoms with van der Waals surface area (Å²) >= 11 is 0. The molecule has 2 aromatic heterocycles. The molecular formula is C28H36N4O3. The minimum atomic E-state index is 0.283. The van der Waals surface area contributed by atoms with Gasteiger partial charge in [0.15, 0.2) is 11.5 Å². The molecule has 7 nitrogen and oxygen atoms in total. The molecule has 5 rings (SSSR count). The van der Waals surface area contributed by atoms with Crippen molar-refractivity contribution >= 4 is 16.8 Å². The van der Waals surface area contributed by atoms with Crippen LogP contribution < -0.4 is 9.47 Å². The standard InChI is InChI=1S/C28H36N4O3/c1-19-28(21-7-8-25(34-2)26(15-21)35-3)22-16-23(29-17-24(22)30-19)20-9-13-32(14-10-20)27(33)18-31-11-5-4-6-12-31/h7-8,15-17,20,30H,4-6,9-14,18H2,1-3H3. The number of nitrogens with one attached hydrogen (secondary N) is 1. The minimum absolute atomic E-state index is 0.283. The molecule has 3 aromatic rings. The molecule has 1 amide bonds. The van der Waals surface area contributed by atoms with Gasteiger partial charge in [0, 0.05) is 41.3 Å². The van der Waals surface area contributed by atoms with E-state index in [4.69, 9.17) is 14.5 Å². The van der Waals surface area contributed by atoms with Crippen molar-refractivity contribution in [2.24, 2.45) is 0 Å². The molecule has 0 aliphatic carbocycles. The number of benzene rings is 1. The third kappa shape index (κ3) is 4.87. The van der Waals surface area contributed by atoms with Gasteiger partial charge in [-0.25, -0.2) is 0 Å². The summed E-state index contributed by atoms with van der Waals surface area (Å²) < 4.78 is 11.0. The smallest absolute Gasteiger partial charge is 0.236 e. The van der Waals surface area contributed by atoms with Crippen LogP contribution in [-0.4, -0.2) is 72.6 Å². The molecule has 0 saturated carbocycles. The second-order valence-electron chi connectivity index (χ2n) is 9.84. The number of likely N-dealkylation sites (tertiary alicyclic amines) is 2. The van der Waals surface area contributed by atoms with E-state index in [0.29, 0.717) is 12.5 Å². The number of aromatic amines is 1. The van der Waals surface area contributed by atoms with Gasteiger partial charge in [-0.1, -0.05) is 12.5 Å². The van der Waals surface area contributed by atoms with Crippen molar-refractivity contribution in [1.29, 1.82) is 0 Å². The number of carbonyl (C=O) groups excluding carboxylic acids is 1. The van der Waals surface area contributed by atoms with Crippen LogP contribution in [0.5, 0.6) is 11.5 Å². The molecule has 0 bridgehead atoms. The Bertz CT molecular complexity index is 1190. The number of piperidine rings is 2. The molecule has 0 atom stereocenters. The molecule has 35 heavy (non-hydrogen) atoms. The van der Waals surface area contributed by atoms with Crippen molar-refractivity contribution in [3.63, 3.8) is 0 Å². The van der Waals surface area contributed by atoms with Crippen LogP contribution in [0.1, 0.15) is 49.4 Å². The lowest BCUT2D eigenvalue weighted by atomic mass is 9.91. The Kier molecular flexibility index (Phi) is 6.95. The van der Waals surface area contributed by atoms with Crippen LogP contribution in [0, 0.1) is 6.92 Å². The highest BCUT2D eigenvalue weighted by molar-refractivity contribution is 5.97. The second kappa shape index (κ2) is 10.3. The van der Waals surface area contributed by atoms with Crippen molar-refractivity contribution < 1.29 is 14.3 Å². The van der Waals surface area contributed by atoms with Crippen molar-refractivity contribution in [2.75, 3.05) is 46.9 Å². The molecule has 2 aliphatic rings. The van der Waals surface area contributed by atoms with E-state index < -0.39 is 0 Å². The molecule has 1 aromatic carbocycles. The van der Waals surface area contributed by atoms with Gasteiger partial charge in [0.1, 0.15) is 0 Å². The molecule has 2 saturated heterocycles. The Hall–Kier alpha value is -3.06. The molecule has 186 valence electrons. The number of aryl methyl sites for hydroxylation is 1. The van der Waals surface area contributed by atoms with Gasteiger partial charge in [0.05, 0.1) is 32.5 Å². The molecule has 7 heteroatoms. The topological polar surface area (TPSA) is 70.7 Å². The summed E-state index contributed by atoms with van der Waals surface area (Å²) in [7, 11) is 3.31. The zero-order valence-corrected chi connectivity index (χ0v) is 21.1. The normalized spacial score (nSPS) is 17.6. The predicted molar refractivity (Wildman–Crippen MR) is 138 cm³/mol. The first-order valence-electron chi connectivity index (χ1n) is 12.8. The minimum Gasteiger partial charge on any atom is -0.493 e. The van der Waals surface area contributed by atoms with Crippen LogP contribution in [0.25, 0.3) is 22.0 Å².